The number of hydrogen-bond acceptors (Lipinski definition) is 7. The molecule has 3 atom stereocenters. The van der Waals surface area contributed by atoms with Gasteiger partial charge in [-0.15, -0.1) is 11.3 Å². The number of nitrogens with zero attached hydrogens (tertiary/aromatic N) is 3. The summed E-state index contributed by atoms with van der Waals surface area (Å²) in [7, 11) is 0. The lowest BCUT2D eigenvalue weighted by atomic mass is 9.72. The SMILES string of the molecule is Cc1cc(Nc2nccc(C)n2)cc(-c2cnc(C3(O)CCC(C(=O)O)C(C)C3)s2)c1. The van der Waals surface area contributed by atoms with Gasteiger partial charge in [0.05, 0.1) is 10.8 Å². The molecule has 0 amide bonds. The molecule has 1 aliphatic carbocycles. The zero-order valence-corrected chi connectivity index (χ0v) is 18.6. The van der Waals surface area contributed by atoms with Crippen molar-refractivity contribution < 1.29 is 15.0 Å². The third-order valence-electron chi connectivity index (χ3n) is 5.85. The quantitative estimate of drug-likeness (QED) is 0.531. The molecular formula is C23H26N4O3S. The predicted molar refractivity (Wildman–Crippen MR) is 120 cm³/mol. The van der Waals surface area contributed by atoms with Gasteiger partial charge in [-0.05, 0) is 68.4 Å². The summed E-state index contributed by atoms with van der Waals surface area (Å²) < 4.78 is 0. The van der Waals surface area contributed by atoms with Crippen LogP contribution in [0.3, 0.4) is 0 Å². The number of thiazole rings is 1. The molecule has 1 fully saturated rings. The minimum atomic E-state index is -1.07. The van der Waals surface area contributed by atoms with Gasteiger partial charge in [0.15, 0.2) is 0 Å². The first-order chi connectivity index (χ1) is 14.7. The molecule has 2 aromatic heterocycles. The van der Waals surface area contributed by atoms with Crippen LogP contribution in [0.25, 0.3) is 10.4 Å². The third-order valence-corrected chi connectivity index (χ3v) is 7.09. The Morgan fingerprint density at radius 2 is 2.06 bits per heavy atom. The molecule has 31 heavy (non-hydrogen) atoms. The summed E-state index contributed by atoms with van der Waals surface area (Å²) in [6.45, 7) is 5.84. The lowest BCUT2D eigenvalue weighted by Crippen LogP contribution is -2.38. The number of carboxylic acid groups (broad SMARTS) is 1. The molecule has 3 unspecified atom stereocenters. The second-order valence-electron chi connectivity index (χ2n) is 8.46. The summed E-state index contributed by atoms with van der Waals surface area (Å²) in [5.74, 6) is -0.756. The Morgan fingerprint density at radius 3 is 2.77 bits per heavy atom. The Balaban J connectivity index is 1.58. The fraction of sp³-hybridized carbons (Fsp3) is 0.391. The van der Waals surface area contributed by atoms with E-state index in [0.29, 0.717) is 30.2 Å². The molecule has 0 radical (unpaired) electrons. The third kappa shape index (κ3) is 4.60. The van der Waals surface area contributed by atoms with E-state index >= 15 is 0 Å². The molecule has 2 heterocycles. The molecule has 0 spiro atoms. The summed E-state index contributed by atoms with van der Waals surface area (Å²) in [4.78, 5) is 25.5. The fourth-order valence-corrected chi connectivity index (χ4v) is 5.31. The Hall–Kier alpha value is -2.84. The lowest BCUT2D eigenvalue weighted by Gasteiger charge is -2.37. The van der Waals surface area contributed by atoms with E-state index in [1.54, 1.807) is 12.4 Å². The van der Waals surface area contributed by atoms with E-state index in [9.17, 15) is 15.0 Å². The topological polar surface area (TPSA) is 108 Å². The highest BCUT2D eigenvalue weighted by atomic mass is 32.1. The number of nitrogens with one attached hydrogen (secondary N) is 1. The van der Waals surface area contributed by atoms with Crippen molar-refractivity contribution in [1.29, 1.82) is 0 Å². The monoisotopic (exact) mass is 438 g/mol. The number of aliphatic hydroxyl groups is 1. The van der Waals surface area contributed by atoms with E-state index in [1.165, 1.54) is 11.3 Å². The number of benzene rings is 1. The van der Waals surface area contributed by atoms with Gasteiger partial charge in [0.2, 0.25) is 5.95 Å². The van der Waals surface area contributed by atoms with Gasteiger partial charge in [-0.2, -0.15) is 0 Å². The number of rotatable bonds is 5. The highest BCUT2D eigenvalue weighted by Crippen LogP contribution is 2.45. The smallest absolute Gasteiger partial charge is 0.306 e. The first-order valence-electron chi connectivity index (χ1n) is 10.3. The number of anilines is 2. The lowest BCUT2D eigenvalue weighted by molar-refractivity contribution is -0.148. The van der Waals surface area contributed by atoms with Crippen LogP contribution in [0.2, 0.25) is 0 Å². The van der Waals surface area contributed by atoms with E-state index in [4.69, 9.17) is 0 Å². The zero-order chi connectivity index (χ0) is 22.2. The second kappa shape index (κ2) is 8.36. The summed E-state index contributed by atoms with van der Waals surface area (Å²) in [5, 5.41) is 24.5. The average Bonchev–Trinajstić information content (AvgIpc) is 3.18. The van der Waals surface area contributed by atoms with Gasteiger partial charge >= 0.3 is 5.97 Å². The molecule has 0 saturated heterocycles. The van der Waals surface area contributed by atoms with E-state index in [-0.39, 0.29) is 5.92 Å². The van der Waals surface area contributed by atoms with Crippen LogP contribution >= 0.6 is 11.3 Å². The van der Waals surface area contributed by atoms with Crippen molar-refractivity contribution in [2.75, 3.05) is 5.32 Å². The molecular weight excluding hydrogens is 412 g/mol. The minimum absolute atomic E-state index is 0.104. The van der Waals surface area contributed by atoms with Crippen LogP contribution in [0.1, 0.15) is 42.5 Å². The first-order valence-corrected chi connectivity index (χ1v) is 11.2. The van der Waals surface area contributed by atoms with Gasteiger partial charge in [0.1, 0.15) is 10.6 Å². The molecule has 162 valence electrons. The van der Waals surface area contributed by atoms with Crippen molar-refractivity contribution in [1.82, 2.24) is 15.0 Å². The summed E-state index contributed by atoms with van der Waals surface area (Å²) >= 11 is 1.46. The van der Waals surface area contributed by atoms with Crippen molar-refractivity contribution in [3.05, 3.63) is 52.9 Å². The molecule has 0 bridgehead atoms. The maximum Gasteiger partial charge on any atom is 0.306 e. The maximum atomic E-state index is 11.4. The molecule has 4 rings (SSSR count). The molecule has 7 nitrogen and oxygen atoms in total. The van der Waals surface area contributed by atoms with Gasteiger partial charge in [0.25, 0.3) is 0 Å². The second-order valence-corrected chi connectivity index (χ2v) is 9.49. The minimum Gasteiger partial charge on any atom is -0.481 e. The Labute approximate surface area is 185 Å². The average molecular weight is 439 g/mol. The number of aryl methyl sites for hydroxylation is 2. The van der Waals surface area contributed by atoms with Crippen molar-refractivity contribution >= 4 is 28.9 Å². The largest absolute Gasteiger partial charge is 0.481 e. The zero-order valence-electron chi connectivity index (χ0n) is 17.8. The van der Waals surface area contributed by atoms with Crippen molar-refractivity contribution in [2.45, 2.75) is 45.6 Å². The molecule has 3 aromatic rings. The van der Waals surface area contributed by atoms with Gasteiger partial charge in [0, 0.05) is 23.8 Å². The van der Waals surface area contributed by atoms with Crippen molar-refractivity contribution in [2.24, 2.45) is 11.8 Å². The van der Waals surface area contributed by atoms with E-state index in [2.05, 4.69) is 26.3 Å². The predicted octanol–water partition coefficient (Wildman–Crippen LogP) is 4.67. The number of hydrogen-bond donors (Lipinski definition) is 3. The molecule has 1 saturated carbocycles. The maximum absolute atomic E-state index is 11.4. The van der Waals surface area contributed by atoms with Crippen molar-refractivity contribution in [3.8, 4) is 10.4 Å². The van der Waals surface area contributed by atoms with Gasteiger partial charge in [-0.1, -0.05) is 13.0 Å². The Bertz CT molecular complexity index is 1120. The Kier molecular flexibility index (Phi) is 5.77. The van der Waals surface area contributed by atoms with E-state index in [1.807, 2.05) is 39.0 Å². The molecule has 1 aliphatic rings. The number of carboxylic acids is 1. The molecule has 3 N–H and O–H groups in total. The highest BCUT2D eigenvalue weighted by Gasteiger charge is 2.43. The van der Waals surface area contributed by atoms with E-state index in [0.717, 1.165) is 27.4 Å². The summed E-state index contributed by atoms with van der Waals surface area (Å²) in [5.41, 5.74) is 2.77. The van der Waals surface area contributed by atoms with Gasteiger partial charge in [-0.25, -0.2) is 15.0 Å². The highest BCUT2D eigenvalue weighted by molar-refractivity contribution is 7.15. The number of aliphatic carboxylic acids is 1. The van der Waals surface area contributed by atoms with Crippen LogP contribution in [0.15, 0.2) is 36.7 Å². The van der Waals surface area contributed by atoms with Crippen LogP contribution in [0.4, 0.5) is 11.6 Å². The summed E-state index contributed by atoms with van der Waals surface area (Å²) in [6.07, 6.45) is 4.77. The van der Waals surface area contributed by atoms with Crippen LogP contribution < -0.4 is 5.32 Å². The van der Waals surface area contributed by atoms with Crippen LogP contribution in [-0.2, 0) is 10.4 Å². The van der Waals surface area contributed by atoms with E-state index < -0.39 is 17.5 Å². The molecule has 0 aliphatic heterocycles. The Morgan fingerprint density at radius 1 is 1.26 bits per heavy atom. The number of aromatic nitrogens is 3. The van der Waals surface area contributed by atoms with Crippen LogP contribution in [0.5, 0.6) is 0 Å². The fourth-order valence-electron chi connectivity index (χ4n) is 4.28. The van der Waals surface area contributed by atoms with Gasteiger partial charge in [-0.3, -0.25) is 4.79 Å². The molecule has 1 aromatic carbocycles. The first kappa shape index (κ1) is 21.4. The van der Waals surface area contributed by atoms with Crippen LogP contribution in [0, 0.1) is 25.7 Å². The molecule has 8 heteroatoms. The van der Waals surface area contributed by atoms with Gasteiger partial charge < -0.3 is 15.5 Å². The van der Waals surface area contributed by atoms with Crippen LogP contribution in [-0.4, -0.2) is 31.1 Å². The summed E-state index contributed by atoms with van der Waals surface area (Å²) in [6, 6.07) is 7.97. The number of carbonyl (C=O) groups is 1. The van der Waals surface area contributed by atoms with Crippen molar-refractivity contribution in [3.63, 3.8) is 0 Å². The normalized spacial score (nSPS) is 23.5. The standard InChI is InChI=1S/C23H26N4O3S/c1-13-8-16(10-17(9-13)27-22-24-7-5-15(3)26-22)19-12-25-21(31-19)23(30)6-4-18(20(28)29)14(2)11-23/h5,7-10,12,14,18,30H,4,6,11H2,1-3H3,(H,28,29)(H,24,26,27).